The van der Waals surface area contributed by atoms with Crippen molar-refractivity contribution in [1.29, 1.82) is 0 Å². The summed E-state index contributed by atoms with van der Waals surface area (Å²) in [5.74, 6) is 0. The minimum absolute atomic E-state index is 0.0870. The maximum Gasteiger partial charge on any atom is 0.417 e. The molecule has 0 bridgehead atoms. The van der Waals surface area contributed by atoms with Crippen molar-refractivity contribution in [3.8, 4) is 0 Å². The Hall–Kier alpha value is -1.04. The zero-order valence-electron chi connectivity index (χ0n) is 11.1. The number of hydrogen-bond donors (Lipinski definition) is 0. The van der Waals surface area contributed by atoms with E-state index in [2.05, 4.69) is 0 Å². The highest BCUT2D eigenvalue weighted by atomic mass is 35.5. The lowest BCUT2D eigenvalue weighted by Gasteiger charge is -2.15. The molecule has 0 heterocycles. The molecule has 0 fully saturated rings. The summed E-state index contributed by atoms with van der Waals surface area (Å²) < 4.78 is 52.0. The van der Waals surface area contributed by atoms with Gasteiger partial charge in [-0.3, -0.25) is 4.21 Å². The minimum atomic E-state index is -4.65. The zero-order valence-corrected chi connectivity index (χ0v) is 13.4. The summed E-state index contributed by atoms with van der Waals surface area (Å²) in [6.07, 6.45) is 2.60. The van der Waals surface area contributed by atoms with Crippen LogP contribution in [0.15, 0.2) is 47.9 Å². The van der Waals surface area contributed by atoms with Gasteiger partial charge in [-0.2, -0.15) is 13.2 Å². The molecule has 1 aliphatic rings. The molecule has 2 atom stereocenters. The Morgan fingerprint density at radius 3 is 2.32 bits per heavy atom. The normalized spacial score (nSPS) is 20.2. The van der Waals surface area contributed by atoms with Gasteiger partial charge in [-0.15, -0.1) is 0 Å². The smallest absolute Gasteiger partial charge is 0.254 e. The number of halogens is 5. The van der Waals surface area contributed by atoms with Gasteiger partial charge in [0.15, 0.2) is 0 Å². The van der Waals surface area contributed by atoms with Crippen LogP contribution in [0.1, 0.15) is 12.0 Å². The molecule has 1 aromatic carbocycles. The van der Waals surface area contributed by atoms with E-state index in [0.29, 0.717) is 6.42 Å². The van der Waals surface area contributed by atoms with Crippen molar-refractivity contribution in [1.82, 2.24) is 0 Å². The highest BCUT2D eigenvalue weighted by molar-refractivity contribution is 7.89. The molecule has 22 heavy (non-hydrogen) atoms. The van der Waals surface area contributed by atoms with E-state index in [9.17, 15) is 17.4 Å². The molecule has 0 amide bonds. The molecule has 0 saturated carbocycles. The molecule has 0 aliphatic heterocycles. The van der Waals surface area contributed by atoms with Crippen molar-refractivity contribution in [2.45, 2.75) is 17.8 Å². The van der Waals surface area contributed by atoms with Crippen molar-refractivity contribution in [2.75, 3.05) is 0 Å². The second-order valence-corrected chi connectivity index (χ2v) is 6.97. The van der Waals surface area contributed by atoms with Gasteiger partial charge in [-0.05, 0) is 30.2 Å². The first-order valence-corrected chi connectivity index (χ1v) is 8.29. The van der Waals surface area contributed by atoms with E-state index in [-0.39, 0.29) is 15.6 Å². The van der Waals surface area contributed by atoms with Crippen LogP contribution in [0.4, 0.5) is 13.2 Å². The van der Waals surface area contributed by atoms with Gasteiger partial charge in [-0.1, -0.05) is 47.5 Å². The van der Waals surface area contributed by atoms with Gasteiger partial charge in [-0.25, -0.2) is 0 Å². The van der Waals surface area contributed by atoms with Crippen LogP contribution in [0, 0.1) is 0 Å². The lowest BCUT2D eigenvalue weighted by molar-refractivity contribution is -0.0687. The Morgan fingerprint density at radius 1 is 1.18 bits per heavy atom. The molecule has 0 N–H and O–H groups in total. The lowest BCUT2D eigenvalue weighted by atomic mass is 10.1. The Morgan fingerprint density at radius 2 is 1.82 bits per heavy atom. The van der Waals surface area contributed by atoms with Gasteiger partial charge >= 0.3 is 6.18 Å². The SMILES string of the molecule is O=S(/C=C(/c1cc(Cl)cc(Cl)c1)C(F)(F)F)C1C=CC=CC1. The van der Waals surface area contributed by atoms with Crippen LogP contribution >= 0.6 is 23.2 Å². The second-order valence-electron chi connectivity index (χ2n) is 4.60. The van der Waals surface area contributed by atoms with Crippen molar-refractivity contribution >= 4 is 39.6 Å². The van der Waals surface area contributed by atoms with Crippen LogP contribution in [0.25, 0.3) is 5.57 Å². The van der Waals surface area contributed by atoms with Crippen molar-refractivity contribution in [3.05, 3.63) is 63.5 Å². The molecular weight excluding hydrogens is 356 g/mol. The number of allylic oxidation sites excluding steroid dienone is 4. The van der Waals surface area contributed by atoms with E-state index in [1.807, 2.05) is 0 Å². The molecule has 7 heteroatoms. The summed E-state index contributed by atoms with van der Waals surface area (Å²) in [7, 11) is -1.80. The molecule has 2 unspecified atom stereocenters. The monoisotopic (exact) mass is 366 g/mol. The molecule has 2 rings (SSSR count). The zero-order chi connectivity index (χ0) is 16.3. The number of rotatable bonds is 3. The third-order valence-corrected chi connectivity index (χ3v) is 4.80. The van der Waals surface area contributed by atoms with E-state index in [4.69, 9.17) is 23.2 Å². The molecule has 0 radical (unpaired) electrons. The summed E-state index contributed by atoms with van der Waals surface area (Å²) >= 11 is 11.5. The van der Waals surface area contributed by atoms with Crippen LogP contribution in [-0.4, -0.2) is 15.6 Å². The van der Waals surface area contributed by atoms with E-state index in [1.165, 1.54) is 6.07 Å². The molecule has 0 spiro atoms. The van der Waals surface area contributed by atoms with Gasteiger partial charge in [0.05, 0.1) is 21.6 Å². The fourth-order valence-electron chi connectivity index (χ4n) is 1.94. The van der Waals surface area contributed by atoms with Gasteiger partial charge in [0.25, 0.3) is 0 Å². The minimum Gasteiger partial charge on any atom is -0.254 e. The Bertz CT molecular complexity index is 658. The summed E-state index contributed by atoms with van der Waals surface area (Å²) in [6.45, 7) is 0. The first-order chi connectivity index (χ1) is 10.3. The molecule has 0 aromatic heterocycles. The van der Waals surface area contributed by atoms with E-state index >= 15 is 0 Å². The Balaban J connectivity index is 2.42. The van der Waals surface area contributed by atoms with Crippen molar-refractivity contribution in [2.24, 2.45) is 0 Å². The highest BCUT2D eigenvalue weighted by Gasteiger charge is 2.36. The quantitative estimate of drug-likeness (QED) is 0.687. The van der Waals surface area contributed by atoms with Gasteiger partial charge in [0.2, 0.25) is 0 Å². The first kappa shape index (κ1) is 17.3. The third kappa shape index (κ3) is 4.48. The molecule has 1 nitrogen and oxygen atoms in total. The standard InChI is InChI=1S/C15H11Cl2F3OS/c16-11-6-10(7-12(17)8-11)14(15(18,19)20)9-22(21)13-4-2-1-3-5-13/h1-4,6-9,13H,5H2/b14-9-. The van der Waals surface area contributed by atoms with E-state index in [0.717, 1.165) is 17.5 Å². The fraction of sp³-hybridized carbons (Fsp3) is 0.200. The number of benzene rings is 1. The first-order valence-electron chi connectivity index (χ1n) is 6.25. The summed E-state index contributed by atoms with van der Waals surface area (Å²) in [5.41, 5.74) is -1.20. The fourth-order valence-corrected chi connectivity index (χ4v) is 3.69. The van der Waals surface area contributed by atoms with Crippen LogP contribution in [0.5, 0.6) is 0 Å². The average molecular weight is 367 g/mol. The summed E-state index contributed by atoms with van der Waals surface area (Å²) in [4.78, 5) is 0. The molecule has 1 aromatic rings. The maximum atomic E-state index is 13.3. The topological polar surface area (TPSA) is 17.1 Å². The predicted molar refractivity (Wildman–Crippen MR) is 85.3 cm³/mol. The van der Waals surface area contributed by atoms with Gasteiger partial charge in [0, 0.05) is 15.5 Å². The molecule has 1 aliphatic carbocycles. The largest absolute Gasteiger partial charge is 0.417 e. The van der Waals surface area contributed by atoms with Crippen molar-refractivity contribution in [3.63, 3.8) is 0 Å². The van der Waals surface area contributed by atoms with Crippen LogP contribution in [0.3, 0.4) is 0 Å². The summed E-state index contributed by atoms with van der Waals surface area (Å²) in [5, 5.41) is 0.431. The Kier molecular flexibility index (Phi) is 5.53. The van der Waals surface area contributed by atoms with E-state index in [1.54, 1.807) is 24.3 Å². The van der Waals surface area contributed by atoms with Crippen LogP contribution in [0.2, 0.25) is 10.0 Å². The van der Waals surface area contributed by atoms with Gasteiger partial charge in [0.1, 0.15) is 0 Å². The van der Waals surface area contributed by atoms with Crippen LogP contribution in [-0.2, 0) is 10.8 Å². The number of hydrogen-bond acceptors (Lipinski definition) is 1. The average Bonchev–Trinajstić information content (AvgIpc) is 2.43. The Labute approximate surface area is 138 Å². The third-order valence-electron chi connectivity index (χ3n) is 2.95. The summed E-state index contributed by atoms with van der Waals surface area (Å²) in [6, 6.07) is 3.65. The lowest BCUT2D eigenvalue weighted by Crippen LogP contribution is -2.16. The predicted octanol–water partition coefficient (Wildman–Crippen LogP) is 5.53. The van der Waals surface area contributed by atoms with Gasteiger partial charge < -0.3 is 0 Å². The van der Waals surface area contributed by atoms with Crippen LogP contribution < -0.4 is 0 Å². The molecular formula is C15H11Cl2F3OS. The molecule has 118 valence electrons. The molecule has 0 saturated heterocycles. The highest BCUT2D eigenvalue weighted by Crippen LogP contribution is 2.37. The maximum absolute atomic E-state index is 13.3. The second kappa shape index (κ2) is 7.02. The van der Waals surface area contributed by atoms with E-state index < -0.39 is 27.8 Å². The van der Waals surface area contributed by atoms with Crippen molar-refractivity contribution < 1.29 is 17.4 Å². The number of alkyl halides is 3.